The second-order valence-electron chi connectivity index (χ2n) is 4.77. The molecular weight excluding hydrogens is 170 g/mol. The number of hydrogen-bond acceptors (Lipinski definition) is 0. The first-order valence-corrected chi connectivity index (χ1v) is 4.86. The summed E-state index contributed by atoms with van der Waals surface area (Å²) in [6.45, 7) is 17.7. The average Bonchev–Trinajstić information content (AvgIpc) is 2.07. The van der Waals surface area contributed by atoms with Gasteiger partial charge in [-0.25, -0.2) is 4.85 Å². The van der Waals surface area contributed by atoms with Crippen LogP contribution in [0.5, 0.6) is 0 Å². The Hall–Kier alpha value is -1.29. The van der Waals surface area contributed by atoms with Gasteiger partial charge in [0.05, 0.1) is 6.57 Å². The van der Waals surface area contributed by atoms with Gasteiger partial charge in [-0.3, -0.25) is 0 Å². The van der Waals surface area contributed by atoms with Crippen molar-refractivity contribution in [1.82, 2.24) is 0 Å². The number of benzene rings is 1. The van der Waals surface area contributed by atoms with Crippen LogP contribution in [-0.4, -0.2) is 0 Å². The fourth-order valence-corrected chi connectivity index (χ4v) is 1.55. The summed E-state index contributed by atoms with van der Waals surface area (Å²) in [5, 5.41) is 0. The van der Waals surface area contributed by atoms with Crippen LogP contribution in [0.3, 0.4) is 0 Å². The lowest BCUT2D eigenvalue weighted by atomic mass is 9.84. The maximum absolute atomic E-state index is 7.23. The molecule has 1 rings (SSSR count). The topological polar surface area (TPSA) is 4.36 Å². The van der Waals surface area contributed by atoms with Gasteiger partial charge in [-0.1, -0.05) is 38.5 Å². The summed E-state index contributed by atoms with van der Waals surface area (Å²) in [5.74, 6) is 0. The van der Waals surface area contributed by atoms with Crippen molar-refractivity contribution in [3.05, 3.63) is 40.2 Å². The maximum atomic E-state index is 7.23. The van der Waals surface area contributed by atoms with E-state index in [9.17, 15) is 0 Å². The molecule has 0 aliphatic rings. The number of nitrogens with zero attached hydrogens (tertiary/aromatic N) is 1. The summed E-state index contributed by atoms with van der Waals surface area (Å²) in [4.78, 5) is 3.65. The molecule has 1 nitrogen and oxygen atoms in total. The highest BCUT2D eigenvalue weighted by Gasteiger charge is 2.19. The first-order valence-electron chi connectivity index (χ1n) is 4.86. The molecular formula is C13H17N. The number of rotatable bonds is 0. The zero-order chi connectivity index (χ0) is 10.9. The lowest BCUT2D eigenvalue weighted by molar-refractivity contribution is 0.592. The van der Waals surface area contributed by atoms with E-state index in [4.69, 9.17) is 6.57 Å². The lowest BCUT2D eigenvalue weighted by Gasteiger charge is -2.22. The van der Waals surface area contributed by atoms with E-state index in [0.717, 1.165) is 16.8 Å². The fourth-order valence-electron chi connectivity index (χ4n) is 1.55. The van der Waals surface area contributed by atoms with Gasteiger partial charge in [0.2, 0.25) is 0 Å². The van der Waals surface area contributed by atoms with Crippen molar-refractivity contribution in [2.75, 3.05) is 0 Å². The van der Waals surface area contributed by atoms with Crippen LogP contribution >= 0.6 is 0 Å². The third kappa shape index (κ3) is 1.80. The minimum Gasteiger partial charge on any atom is -0.238 e. The predicted octanol–water partition coefficient (Wildman–Crippen LogP) is 4.15. The molecule has 1 aromatic rings. The molecule has 0 atom stereocenters. The van der Waals surface area contributed by atoms with Gasteiger partial charge in [0, 0.05) is 0 Å². The van der Waals surface area contributed by atoms with Gasteiger partial charge in [-0.15, -0.1) is 0 Å². The minimum absolute atomic E-state index is 0.0539. The number of aryl methyl sites for hydroxylation is 1. The highest BCUT2D eigenvalue weighted by atomic mass is 14.7. The normalized spacial score (nSPS) is 11.1. The van der Waals surface area contributed by atoms with Gasteiger partial charge in [-0.05, 0) is 30.4 Å². The molecule has 1 heteroatoms. The van der Waals surface area contributed by atoms with E-state index in [1.165, 1.54) is 5.56 Å². The van der Waals surface area contributed by atoms with Crippen molar-refractivity contribution in [1.29, 1.82) is 0 Å². The summed E-state index contributed by atoms with van der Waals surface area (Å²) in [6.07, 6.45) is 0. The van der Waals surface area contributed by atoms with Crippen molar-refractivity contribution in [2.24, 2.45) is 0 Å². The van der Waals surface area contributed by atoms with Gasteiger partial charge in [-0.2, -0.15) is 0 Å². The van der Waals surface area contributed by atoms with Gasteiger partial charge in [0.15, 0.2) is 5.69 Å². The third-order valence-corrected chi connectivity index (χ3v) is 2.62. The monoisotopic (exact) mass is 187 g/mol. The third-order valence-electron chi connectivity index (χ3n) is 2.62. The molecule has 0 amide bonds. The molecule has 1 aromatic carbocycles. The van der Waals surface area contributed by atoms with Crippen molar-refractivity contribution in [2.45, 2.75) is 40.0 Å². The Bertz CT molecular complexity index is 389. The zero-order valence-electron chi connectivity index (χ0n) is 9.60. The Labute approximate surface area is 86.6 Å². The zero-order valence-corrected chi connectivity index (χ0v) is 9.60. The Balaban J connectivity index is 3.49. The molecule has 0 spiro atoms. The standard InChI is InChI=1S/C13H17N/c1-9-7-8-11(13(3,4)5)12(14-6)10(9)2/h7-8H,1-5H3. The van der Waals surface area contributed by atoms with E-state index in [2.05, 4.69) is 44.7 Å². The first kappa shape index (κ1) is 10.8. The maximum Gasteiger partial charge on any atom is 0.194 e. The average molecular weight is 187 g/mol. The molecule has 0 bridgehead atoms. The van der Waals surface area contributed by atoms with Crippen LogP contribution in [0, 0.1) is 20.4 Å². The van der Waals surface area contributed by atoms with Crippen LogP contribution in [-0.2, 0) is 5.41 Å². The van der Waals surface area contributed by atoms with E-state index in [1.807, 2.05) is 6.92 Å². The van der Waals surface area contributed by atoms with E-state index in [1.54, 1.807) is 0 Å². The largest absolute Gasteiger partial charge is 0.238 e. The van der Waals surface area contributed by atoms with Crippen LogP contribution in [0.4, 0.5) is 5.69 Å². The van der Waals surface area contributed by atoms with Crippen LogP contribution in [0.25, 0.3) is 4.85 Å². The molecule has 0 unspecified atom stereocenters. The highest BCUT2D eigenvalue weighted by molar-refractivity contribution is 5.62. The SMILES string of the molecule is [C-]#[N+]c1c(C(C)(C)C)ccc(C)c1C. The van der Waals surface area contributed by atoms with E-state index in [-0.39, 0.29) is 5.41 Å². The fraction of sp³-hybridized carbons (Fsp3) is 0.462. The highest BCUT2D eigenvalue weighted by Crippen LogP contribution is 2.35. The molecule has 0 N–H and O–H groups in total. The molecule has 0 aliphatic heterocycles. The Morgan fingerprint density at radius 3 is 2.14 bits per heavy atom. The van der Waals surface area contributed by atoms with E-state index >= 15 is 0 Å². The Morgan fingerprint density at radius 2 is 1.71 bits per heavy atom. The first-order chi connectivity index (χ1) is 6.38. The van der Waals surface area contributed by atoms with Crippen LogP contribution < -0.4 is 0 Å². The lowest BCUT2D eigenvalue weighted by Crippen LogP contribution is -2.11. The molecule has 0 aliphatic carbocycles. The molecule has 0 aromatic heterocycles. The molecule has 0 saturated carbocycles. The van der Waals surface area contributed by atoms with Crippen LogP contribution in [0.1, 0.15) is 37.5 Å². The second-order valence-corrected chi connectivity index (χ2v) is 4.77. The van der Waals surface area contributed by atoms with Gasteiger partial charge in [0.25, 0.3) is 0 Å². The van der Waals surface area contributed by atoms with Crippen molar-refractivity contribution >= 4 is 5.69 Å². The van der Waals surface area contributed by atoms with Gasteiger partial charge >= 0.3 is 0 Å². The second kappa shape index (κ2) is 3.46. The Kier molecular flexibility index (Phi) is 2.66. The van der Waals surface area contributed by atoms with Crippen LogP contribution in [0.2, 0.25) is 0 Å². The van der Waals surface area contributed by atoms with E-state index in [0.29, 0.717) is 0 Å². The van der Waals surface area contributed by atoms with Crippen LogP contribution in [0.15, 0.2) is 12.1 Å². The number of hydrogen-bond donors (Lipinski definition) is 0. The summed E-state index contributed by atoms with van der Waals surface area (Å²) in [7, 11) is 0. The van der Waals surface area contributed by atoms with Crippen molar-refractivity contribution < 1.29 is 0 Å². The molecule has 0 radical (unpaired) electrons. The predicted molar refractivity (Wildman–Crippen MR) is 60.9 cm³/mol. The quantitative estimate of drug-likeness (QED) is 0.537. The molecule has 0 fully saturated rings. The van der Waals surface area contributed by atoms with Crippen molar-refractivity contribution in [3.63, 3.8) is 0 Å². The Morgan fingerprint density at radius 1 is 1.14 bits per heavy atom. The minimum atomic E-state index is 0.0539. The summed E-state index contributed by atoms with van der Waals surface area (Å²) >= 11 is 0. The van der Waals surface area contributed by atoms with Crippen molar-refractivity contribution in [3.8, 4) is 0 Å². The van der Waals surface area contributed by atoms with Gasteiger partial charge in [0.1, 0.15) is 0 Å². The molecule has 0 saturated heterocycles. The smallest absolute Gasteiger partial charge is 0.194 e. The summed E-state index contributed by atoms with van der Waals surface area (Å²) in [5.41, 5.74) is 4.35. The molecule has 74 valence electrons. The molecule has 0 heterocycles. The van der Waals surface area contributed by atoms with E-state index < -0.39 is 0 Å². The summed E-state index contributed by atoms with van der Waals surface area (Å²) < 4.78 is 0. The summed E-state index contributed by atoms with van der Waals surface area (Å²) in [6, 6.07) is 4.18. The molecule has 14 heavy (non-hydrogen) atoms. The van der Waals surface area contributed by atoms with Gasteiger partial charge < -0.3 is 0 Å².